The number of pyridine rings is 1. The van der Waals surface area contributed by atoms with Gasteiger partial charge in [0.05, 0.1) is 23.5 Å². The van der Waals surface area contributed by atoms with Gasteiger partial charge in [0.2, 0.25) is 0 Å². The topological polar surface area (TPSA) is 70.6 Å². The zero-order valence-corrected chi connectivity index (χ0v) is 12.8. The fourth-order valence-corrected chi connectivity index (χ4v) is 3.03. The van der Waals surface area contributed by atoms with Gasteiger partial charge in [-0.2, -0.15) is 10.4 Å². The maximum absolute atomic E-state index is 11.9. The van der Waals surface area contributed by atoms with Crippen molar-refractivity contribution in [3.63, 3.8) is 0 Å². The van der Waals surface area contributed by atoms with Crippen LogP contribution in [0.1, 0.15) is 18.4 Å². The summed E-state index contributed by atoms with van der Waals surface area (Å²) in [6.07, 6.45) is 5.29. The Kier molecular flexibility index (Phi) is 3.80. The van der Waals surface area contributed by atoms with Gasteiger partial charge in [-0.1, -0.05) is 0 Å². The molecule has 1 aliphatic rings. The number of rotatable bonds is 3. The Morgan fingerprint density at radius 2 is 2.24 bits per heavy atom. The highest BCUT2D eigenvalue weighted by atomic mass is 79.9. The molecule has 0 N–H and O–H groups in total. The van der Waals surface area contributed by atoms with E-state index in [0.717, 1.165) is 25.9 Å². The lowest BCUT2D eigenvalue weighted by molar-refractivity contribution is -0.132. The molecule has 0 atom stereocenters. The molecule has 0 saturated carbocycles. The van der Waals surface area contributed by atoms with Crippen LogP contribution < -0.4 is 4.74 Å². The van der Waals surface area contributed by atoms with Gasteiger partial charge in [0.15, 0.2) is 6.61 Å². The van der Waals surface area contributed by atoms with Crippen molar-refractivity contribution in [2.75, 3.05) is 19.7 Å². The molecule has 3 rings (SSSR count). The zero-order chi connectivity index (χ0) is 14.8. The summed E-state index contributed by atoms with van der Waals surface area (Å²) < 4.78 is 7.83. The van der Waals surface area contributed by atoms with Gasteiger partial charge in [0.1, 0.15) is 11.8 Å². The number of halogens is 1. The lowest BCUT2D eigenvalue weighted by Crippen LogP contribution is -2.32. The van der Waals surface area contributed by atoms with Gasteiger partial charge in [0.25, 0.3) is 5.91 Å². The number of amides is 1. The van der Waals surface area contributed by atoms with Gasteiger partial charge in [0, 0.05) is 17.6 Å². The fourth-order valence-electron chi connectivity index (χ4n) is 2.41. The Labute approximate surface area is 130 Å². The largest absolute Gasteiger partial charge is 0.482 e. The highest BCUT2D eigenvalue weighted by molar-refractivity contribution is 9.10. The number of carbonyl (C=O) groups excluding carboxylic acids is 1. The standard InChI is InChI=1S/C14H13BrN4O2/c15-12-5-11(8-19-14(12)10(6-16)7-17-19)21-9-13(20)18-3-1-2-4-18/h5,7-8H,1-4,9H2. The highest BCUT2D eigenvalue weighted by Gasteiger charge is 2.18. The molecule has 108 valence electrons. The van der Waals surface area contributed by atoms with E-state index in [1.165, 1.54) is 6.20 Å². The van der Waals surface area contributed by atoms with Crippen LogP contribution in [0.15, 0.2) is 22.9 Å². The molecule has 7 heteroatoms. The van der Waals surface area contributed by atoms with Gasteiger partial charge in [-0.3, -0.25) is 4.79 Å². The maximum atomic E-state index is 11.9. The average molecular weight is 349 g/mol. The van der Waals surface area contributed by atoms with Crippen LogP contribution in [-0.2, 0) is 4.79 Å². The first kappa shape index (κ1) is 13.9. The van der Waals surface area contributed by atoms with E-state index in [1.807, 2.05) is 4.90 Å². The number of nitrogens with zero attached hydrogens (tertiary/aromatic N) is 4. The van der Waals surface area contributed by atoms with E-state index in [-0.39, 0.29) is 12.5 Å². The third kappa shape index (κ3) is 2.72. The molecule has 21 heavy (non-hydrogen) atoms. The summed E-state index contributed by atoms with van der Waals surface area (Å²) in [6.45, 7) is 1.65. The maximum Gasteiger partial charge on any atom is 0.260 e. The predicted molar refractivity (Wildman–Crippen MR) is 78.9 cm³/mol. The van der Waals surface area contributed by atoms with Crippen molar-refractivity contribution in [2.24, 2.45) is 0 Å². The van der Waals surface area contributed by atoms with Crippen LogP contribution >= 0.6 is 15.9 Å². The number of carbonyl (C=O) groups is 1. The van der Waals surface area contributed by atoms with E-state index in [2.05, 4.69) is 27.1 Å². The summed E-state index contributed by atoms with van der Waals surface area (Å²) in [4.78, 5) is 13.8. The second kappa shape index (κ2) is 5.74. The highest BCUT2D eigenvalue weighted by Crippen LogP contribution is 2.26. The minimum Gasteiger partial charge on any atom is -0.482 e. The molecule has 0 bridgehead atoms. The molecule has 0 radical (unpaired) electrons. The molecule has 1 amide bonds. The van der Waals surface area contributed by atoms with Crippen molar-refractivity contribution < 1.29 is 9.53 Å². The van der Waals surface area contributed by atoms with E-state index < -0.39 is 0 Å². The van der Waals surface area contributed by atoms with E-state index in [0.29, 0.717) is 21.3 Å². The molecular formula is C14H13BrN4O2. The summed E-state index contributed by atoms with van der Waals surface area (Å²) >= 11 is 3.40. The number of likely N-dealkylation sites (tertiary alicyclic amines) is 1. The van der Waals surface area contributed by atoms with Crippen molar-refractivity contribution >= 4 is 27.4 Å². The van der Waals surface area contributed by atoms with Crippen LogP contribution in [0.4, 0.5) is 0 Å². The summed E-state index contributed by atoms with van der Waals surface area (Å²) in [5.41, 5.74) is 1.18. The molecule has 0 spiro atoms. The van der Waals surface area contributed by atoms with Crippen LogP contribution in [0.25, 0.3) is 5.52 Å². The number of fused-ring (bicyclic) bond motifs is 1. The number of hydrogen-bond donors (Lipinski definition) is 0. The molecule has 1 aliphatic heterocycles. The van der Waals surface area contributed by atoms with Gasteiger partial charge in [-0.05, 0) is 34.8 Å². The number of ether oxygens (including phenoxy) is 1. The fraction of sp³-hybridized carbons (Fsp3) is 0.357. The average Bonchev–Trinajstić information content (AvgIpc) is 3.13. The quantitative estimate of drug-likeness (QED) is 0.850. The Morgan fingerprint density at radius 3 is 2.95 bits per heavy atom. The number of nitriles is 1. The predicted octanol–water partition coefficient (Wildman–Crippen LogP) is 1.97. The molecule has 0 unspecified atom stereocenters. The second-order valence-corrected chi connectivity index (χ2v) is 5.72. The molecule has 2 aromatic rings. The lowest BCUT2D eigenvalue weighted by Gasteiger charge is -2.15. The van der Waals surface area contributed by atoms with Crippen LogP contribution in [0, 0.1) is 11.3 Å². The van der Waals surface area contributed by atoms with E-state index in [9.17, 15) is 4.79 Å². The van der Waals surface area contributed by atoms with E-state index in [4.69, 9.17) is 10.00 Å². The lowest BCUT2D eigenvalue weighted by atomic mass is 10.3. The molecule has 0 aromatic carbocycles. The van der Waals surface area contributed by atoms with Crippen molar-refractivity contribution in [2.45, 2.75) is 12.8 Å². The molecule has 3 heterocycles. The van der Waals surface area contributed by atoms with Crippen LogP contribution in [0.5, 0.6) is 5.75 Å². The van der Waals surface area contributed by atoms with Crippen molar-refractivity contribution in [1.82, 2.24) is 14.5 Å². The molecule has 0 aliphatic carbocycles. The van der Waals surface area contributed by atoms with Gasteiger partial charge in [-0.25, -0.2) is 4.52 Å². The second-order valence-electron chi connectivity index (χ2n) is 4.86. The van der Waals surface area contributed by atoms with Crippen LogP contribution in [0.3, 0.4) is 0 Å². The van der Waals surface area contributed by atoms with Crippen LogP contribution in [0.2, 0.25) is 0 Å². The Balaban J connectivity index is 1.75. The van der Waals surface area contributed by atoms with E-state index in [1.54, 1.807) is 16.8 Å². The zero-order valence-electron chi connectivity index (χ0n) is 11.3. The summed E-state index contributed by atoms with van der Waals surface area (Å²) in [7, 11) is 0. The number of hydrogen-bond acceptors (Lipinski definition) is 4. The van der Waals surface area contributed by atoms with Crippen molar-refractivity contribution in [3.05, 3.63) is 28.5 Å². The van der Waals surface area contributed by atoms with Gasteiger partial charge in [-0.15, -0.1) is 0 Å². The molecule has 1 fully saturated rings. The molecule has 6 nitrogen and oxygen atoms in total. The summed E-state index contributed by atoms with van der Waals surface area (Å²) in [5.74, 6) is 0.538. The number of aromatic nitrogens is 2. The minimum atomic E-state index is 0.00176. The first-order valence-electron chi connectivity index (χ1n) is 6.66. The van der Waals surface area contributed by atoms with Gasteiger partial charge >= 0.3 is 0 Å². The van der Waals surface area contributed by atoms with Crippen molar-refractivity contribution in [1.29, 1.82) is 5.26 Å². The van der Waals surface area contributed by atoms with Crippen molar-refractivity contribution in [3.8, 4) is 11.8 Å². The Hall–Kier alpha value is -2.07. The first-order chi connectivity index (χ1) is 10.2. The Morgan fingerprint density at radius 1 is 1.48 bits per heavy atom. The third-order valence-electron chi connectivity index (χ3n) is 3.48. The Bertz CT molecular complexity index is 728. The SMILES string of the molecule is N#Cc1cnn2cc(OCC(=O)N3CCCC3)cc(Br)c12. The van der Waals surface area contributed by atoms with Crippen LogP contribution in [-0.4, -0.2) is 40.1 Å². The third-order valence-corrected chi connectivity index (χ3v) is 4.09. The first-order valence-corrected chi connectivity index (χ1v) is 7.46. The van der Waals surface area contributed by atoms with E-state index >= 15 is 0 Å². The molecule has 1 saturated heterocycles. The molecular weight excluding hydrogens is 336 g/mol. The minimum absolute atomic E-state index is 0.00176. The smallest absolute Gasteiger partial charge is 0.260 e. The normalized spacial score (nSPS) is 14.4. The molecule has 2 aromatic heterocycles. The van der Waals surface area contributed by atoms with Gasteiger partial charge < -0.3 is 9.64 Å². The summed E-state index contributed by atoms with van der Waals surface area (Å²) in [5, 5.41) is 13.1. The monoisotopic (exact) mass is 348 g/mol. The summed E-state index contributed by atoms with van der Waals surface area (Å²) in [6, 6.07) is 3.83.